The molecule has 0 spiro atoms. The zero-order chi connectivity index (χ0) is 25.2. The van der Waals surface area contributed by atoms with Crippen molar-refractivity contribution in [2.24, 2.45) is 17.6 Å². The Balaban J connectivity index is 0.00000235. The van der Waals surface area contributed by atoms with E-state index < -0.39 is 0 Å². The lowest BCUT2D eigenvalue weighted by Crippen LogP contribution is -2.45. The van der Waals surface area contributed by atoms with Crippen LogP contribution in [0.5, 0.6) is 5.75 Å². The molecule has 33 heavy (non-hydrogen) atoms. The summed E-state index contributed by atoms with van der Waals surface area (Å²) in [5, 5.41) is 14.7. The summed E-state index contributed by atoms with van der Waals surface area (Å²) in [5.41, 5.74) is 7.35. The molecule has 0 fully saturated rings. The molecule has 2 atom stereocenters. The second kappa shape index (κ2) is 18.3. The smallest absolute Gasteiger partial charge is 0.241 e. The molecule has 1 aromatic heterocycles. The van der Waals surface area contributed by atoms with Crippen molar-refractivity contribution in [2.75, 3.05) is 40.0 Å². The van der Waals surface area contributed by atoms with E-state index in [0.717, 1.165) is 42.3 Å². The van der Waals surface area contributed by atoms with Gasteiger partial charge in [0.1, 0.15) is 19.1 Å². The molecule has 0 radical (unpaired) electrons. The molecule has 2 unspecified atom stereocenters. The molecule has 190 valence electrons. The largest absolute Gasteiger partial charge is 0.490 e. The maximum atomic E-state index is 11.7. The molecule has 8 nitrogen and oxygen atoms in total. The number of aryl methyl sites for hydroxylation is 1. The average molecular weight is 466 g/mol. The van der Waals surface area contributed by atoms with E-state index in [0.29, 0.717) is 25.6 Å². The van der Waals surface area contributed by atoms with E-state index in [9.17, 15) is 4.79 Å². The van der Waals surface area contributed by atoms with Crippen LogP contribution in [0.25, 0.3) is 0 Å². The first kappa shape index (κ1) is 30.8. The first-order chi connectivity index (χ1) is 15.7. The van der Waals surface area contributed by atoms with Crippen LogP contribution in [0.1, 0.15) is 53.2 Å². The molecule has 1 amide bonds. The first-order valence-electron chi connectivity index (χ1n) is 11.9. The van der Waals surface area contributed by atoms with E-state index in [4.69, 9.17) is 15.6 Å². The molecule has 1 rings (SSSR count). The molecule has 5 N–H and O–H groups in total. The van der Waals surface area contributed by atoms with Gasteiger partial charge in [-0.1, -0.05) is 47.6 Å². The molecular formula is C25H47N5O3. The van der Waals surface area contributed by atoms with Crippen LogP contribution in [-0.4, -0.2) is 67.0 Å². The Kier molecular flexibility index (Phi) is 17.1. The van der Waals surface area contributed by atoms with Gasteiger partial charge in [0.25, 0.3) is 0 Å². The molecule has 0 saturated heterocycles. The van der Waals surface area contributed by atoms with Crippen LogP contribution in [0.15, 0.2) is 30.6 Å². The Morgan fingerprint density at radius 3 is 2.58 bits per heavy atom. The Labute approximate surface area is 201 Å². The van der Waals surface area contributed by atoms with Gasteiger partial charge in [0.15, 0.2) is 0 Å². The number of aliphatic hydroxyl groups excluding tert-OH is 1. The van der Waals surface area contributed by atoms with Crippen molar-refractivity contribution in [3.8, 4) is 5.75 Å². The van der Waals surface area contributed by atoms with Gasteiger partial charge in [0, 0.05) is 31.5 Å². The molecule has 0 aliphatic rings. The number of hydrogen-bond acceptors (Lipinski definition) is 7. The van der Waals surface area contributed by atoms with Crippen molar-refractivity contribution >= 4 is 5.91 Å². The van der Waals surface area contributed by atoms with Crippen LogP contribution in [0.4, 0.5) is 0 Å². The number of likely N-dealkylation sites (N-methyl/N-ethyl adjacent to an activating group) is 1. The van der Waals surface area contributed by atoms with Gasteiger partial charge < -0.3 is 31.1 Å². The van der Waals surface area contributed by atoms with Crippen molar-refractivity contribution in [3.05, 3.63) is 36.3 Å². The normalized spacial score (nSPS) is 12.4. The summed E-state index contributed by atoms with van der Waals surface area (Å²) in [6.45, 7) is 16.5. The van der Waals surface area contributed by atoms with Gasteiger partial charge in [0.2, 0.25) is 5.91 Å². The number of nitrogens with one attached hydrogen (secondary N) is 2. The minimum absolute atomic E-state index is 0.0149. The molecule has 1 aromatic rings. The van der Waals surface area contributed by atoms with Crippen molar-refractivity contribution < 1.29 is 14.6 Å². The minimum Gasteiger partial charge on any atom is -0.490 e. The Morgan fingerprint density at radius 2 is 2.00 bits per heavy atom. The number of carbonyl (C=O) groups is 1. The van der Waals surface area contributed by atoms with Gasteiger partial charge in [0.05, 0.1) is 12.2 Å². The fourth-order valence-corrected chi connectivity index (χ4v) is 2.97. The highest BCUT2D eigenvalue weighted by atomic mass is 16.5. The Morgan fingerprint density at radius 1 is 1.33 bits per heavy atom. The number of rotatable bonds is 15. The highest BCUT2D eigenvalue weighted by Gasteiger charge is 2.22. The highest BCUT2D eigenvalue weighted by molar-refractivity contribution is 5.78. The van der Waals surface area contributed by atoms with Gasteiger partial charge in [-0.25, -0.2) is 0 Å². The van der Waals surface area contributed by atoms with Gasteiger partial charge in [-0.15, -0.1) is 0 Å². The molecule has 0 bridgehead atoms. The third-order valence-electron chi connectivity index (χ3n) is 4.91. The zero-order valence-corrected chi connectivity index (χ0v) is 21.6. The number of pyridine rings is 1. The molecule has 1 heterocycles. The predicted octanol–water partition coefficient (Wildman–Crippen LogP) is 2.53. The Hall–Kier alpha value is -2.16. The minimum atomic E-state index is -0.370. The van der Waals surface area contributed by atoms with Gasteiger partial charge in [-0.3, -0.25) is 9.78 Å². The summed E-state index contributed by atoms with van der Waals surface area (Å²) in [6, 6.07) is 3.81. The number of amides is 1. The lowest BCUT2D eigenvalue weighted by atomic mass is 9.96. The van der Waals surface area contributed by atoms with E-state index in [1.54, 1.807) is 6.20 Å². The second-order valence-electron chi connectivity index (χ2n) is 8.84. The second-order valence-corrected chi connectivity index (χ2v) is 8.84. The fourth-order valence-electron chi connectivity index (χ4n) is 2.97. The maximum Gasteiger partial charge on any atom is 0.241 e. The van der Waals surface area contributed by atoms with Gasteiger partial charge in [-0.05, 0) is 43.4 Å². The lowest BCUT2D eigenvalue weighted by molar-refractivity contribution is -0.122. The molecule has 0 aromatic carbocycles. The number of aliphatic hydroxyl groups is 1. The third kappa shape index (κ3) is 13.9. The van der Waals surface area contributed by atoms with E-state index in [1.807, 2.05) is 24.1 Å². The summed E-state index contributed by atoms with van der Waals surface area (Å²) in [7, 11) is 1.83. The van der Waals surface area contributed by atoms with Crippen molar-refractivity contribution in [3.63, 3.8) is 0 Å². The SMILES string of the molecule is C=C(C(NCCOc1cccnc1CCCN)C(C)CC)N(C)CC(=O)NCO.CC(C)C. The summed E-state index contributed by atoms with van der Waals surface area (Å²) < 4.78 is 5.93. The zero-order valence-electron chi connectivity index (χ0n) is 21.6. The van der Waals surface area contributed by atoms with Crippen LogP contribution in [0.3, 0.4) is 0 Å². The monoisotopic (exact) mass is 465 g/mol. The standard InChI is InChI=1S/C21H37N5O3.C4H10/c1-5-16(2)21(17(3)26(4)14-20(28)25-15-27)24-12-13-29-19-9-7-11-23-18(19)8-6-10-22;1-4(2)3/h7,9,11,16,21,24,27H,3,5-6,8,10,12-15,22H2,1-2,4H3,(H,25,28);4H,1-3H3. The number of hydrogen-bond donors (Lipinski definition) is 4. The highest BCUT2D eigenvalue weighted by Crippen LogP contribution is 2.18. The summed E-state index contributed by atoms with van der Waals surface area (Å²) >= 11 is 0. The van der Waals surface area contributed by atoms with Crippen molar-refractivity contribution in [1.82, 2.24) is 20.5 Å². The van der Waals surface area contributed by atoms with Gasteiger partial charge >= 0.3 is 0 Å². The lowest BCUT2D eigenvalue weighted by Gasteiger charge is -2.32. The fraction of sp³-hybridized carbons (Fsp3) is 0.680. The molecular weight excluding hydrogens is 418 g/mol. The number of aromatic nitrogens is 1. The van der Waals surface area contributed by atoms with Crippen LogP contribution < -0.4 is 21.1 Å². The number of carbonyl (C=O) groups excluding carboxylic acids is 1. The van der Waals surface area contributed by atoms with Crippen LogP contribution in [-0.2, 0) is 11.2 Å². The molecule has 8 heteroatoms. The molecule has 0 saturated carbocycles. The first-order valence-corrected chi connectivity index (χ1v) is 11.9. The van der Waals surface area contributed by atoms with E-state index in [-0.39, 0.29) is 25.2 Å². The third-order valence-corrected chi connectivity index (χ3v) is 4.91. The van der Waals surface area contributed by atoms with E-state index in [2.05, 4.69) is 56.8 Å². The maximum absolute atomic E-state index is 11.7. The summed E-state index contributed by atoms with van der Waals surface area (Å²) in [6.07, 6.45) is 4.41. The topological polar surface area (TPSA) is 113 Å². The van der Waals surface area contributed by atoms with Crippen molar-refractivity contribution in [1.29, 1.82) is 0 Å². The van der Waals surface area contributed by atoms with E-state index >= 15 is 0 Å². The quantitative estimate of drug-likeness (QED) is 0.233. The summed E-state index contributed by atoms with van der Waals surface area (Å²) in [5.74, 6) is 1.72. The average Bonchev–Trinajstić information content (AvgIpc) is 2.77. The van der Waals surface area contributed by atoms with Gasteiger partial charge in [-0.2, -0.15) is 0 Å². The molecule has 0 aliphatic heterocycles. The summed E-state index contributed by atoms with van der Waals surface area (Å²) in [4.78, 5) is 17.9. The van der Waals surface area contributed by atoms with Crippen LogP contribution >= 0.6 is 0 Å². The number of ether oxygens (including phenoxy) is 1. The number of nitrogens with zero attached hydrogens (tertiary/aromatic N) is 2. The van der Waals surface area contributed by atoms with Crippen LogP contribution in [0.2, 0.25) is 0 Å². The Bertz CT molecular complexity index is 666. The number of nitrogens with two attached hydrogens (primary N) is 1. The molecule has 0 aliphatic carbocycles. The van der Waals surface area contributed by atoms with Crippen molar-refractivity contribution in [2.45, 2.75) is 59.9 Å². The van der Waals surface area contributed by atoms with E-state index in [1.165, 1.54) is 0 Å². The predicted molar refractivity (Wildman–Crippen MR) is 136 cm³/mol. The van der Waals surface area contributed by atoms with Crippen LogP contribution in [0, 0.1) is 11.8 Å².